The molecule has 3 aromatic carbocycles. The average molecular weight is 494 g/mol. The van der Waals surface area contributed by atoms with Crippen molar-refractivity contribution in [1.29, 1.82) is 0 Å². The fraction of sp³-hybridized carbons (Fsp3) is 0.185. The molecule has 1 aromatic heterocycles. The first-order valence-corrected chi connectivity index (χ1v) is 11.4. The summed E-state index contributed by atoms with van der Waals surface area (Å²) in [5.41, 5.74) is 3.00. The van der Waals surface area contributed by atoms with Crippen molar-refractivity contribution in [1.82, 2.24) is 14.7 Å². The van der Waals surface area contributed by atoms with Crippen molar-refractivity contribution in [3.05, 3.63) is 100 Å². The number of ether oxygens (including phenoxy) is 2. The third kappa shape index (κ3) is 5.81. The van der Waals surface area contributed by atoms with Gasteiger partial charge < -0.3 is 14.4 Å². The number of benzene rings is 3. The summed E-state index contributed by atoms with van der Waals surface area (Å²) in [7, 11) is 1.60. The van der Waals surface area contributed by atoms with E-state index in [2.05, 4.69) is 0 Å². The molecule has 0 N–H and O–H groups in total. The number of carbonyl (C=O) groups is 1. The van der Waals surface area contributed by atoms with Crippen LogP contribution < -0.4 is 9.47 Å². The standard InChI is InChI=1S/C27H25ClFN3O3/c1-18-26(17-31(19(2)33)16-20-7-9-22(29)10-8-20)27(35-25-13-11-24(34-3)12-14-25)32(30-18)23-6-4-5-21(28)15-23/h4-15H,16-17H2,1-3H3. The molecule has 0 aliphatic carbocycles. The highest BCUT2D eigenvalue weighted by Crippen LogP contribution is 2.33. The summed E-state index contributed by atoms with van der Waals surface area (Å²) >= 11 is 6.24. The molecule has 0 saturated heterocycles. The van der Waals surface area contributed by atoms with E-state index in [-0.39, 0.29) is 18.3 Å². The molecule has 4 rings (SSSR count). The monoisotopic (exact) mass is 493 g/mol. The highest BCUT2D eigenvalue weighted by Gasteiger charge is 2.23. The predicted molar refractivity (Wildman–Crippen MR) is 133 cm³/mol. The van der Waals surface area contributed by atoms with Gasteiger partial charge >= 0.3 is 0 Å². The number of halogens is 2. The van der Waals surface area contributed by atoms with Crippen LogP contribution in [0, 0.1) is 12.7 Å². The van der Waals surface area contributed by atoms with Crippen molar-refractivity contribution in [3.63, 3.8) is 0 Å². The van der Waals surface area contributed by atoms with Crippen LogP contribution in [0.25, 0.3) is 5.69 Å². The van der Waals surface area contributed by atoms with E-state index in [1.54, 1.807) is 65.2 Å². The Kier molecular flexibility index (Phi) is 7.36. The van der Waals surface area contributed by atoms with Crippen LogP contribution in [-0.2, 0) is 17.9 Å². The first kappa shape index (κ1) is 24.3. The van der Waals surface area contributed by atoms with E-state index < -0.39 is 0 Å². The third-order valence-electron chi connectivity index (χ3n) is 5.54. The van der Waals surface area contributed by atoms with Crippen LogP contribution in [0.4, 0.5) is 4.39 Å². The molecule has 0 fully saturated rings. The Balaban J connectivity index is 1.73. The molecule has 6 nitrogen and oxygen atoms in total. The molecule has 180 valence electrons. The van der Waals surface area contributed by atoms with Crippen molar-refractivity contribution in [2.24, 2.45) is 0 Å². The SMILES string of the molecule is COc1ccc(Oc2c(CN(Cc3ccc(F)cc3)C(C)=O)c(C)nn2-c2cccc(Cl)c2)cc1. The van der Waals surface area contributed by atoms with Gasteiger partial charge in [0, 0.05) is 18.5 Å². The molecular formula is C27H25ClFN3O3. The minimum absolute atomic E-state index is 0.125. The Bertz CT molecular complexity index is 1320. The van der Waals surface area contributed by atoms with Gasteiger partial charge in [0.2, 0.25) is 11.8 Å². The van der Waals surface area contributed by atoms with Gasteiger partial charge in [0.1, 0.15) is 17.3 Å². The first-order valence-electron chi connectivity index (χ1n) is 11.0. The zero-order chi connectivity index (χ0) is 24.9. The van der Waals surface area contributed by atoms with Gasteiger partial charge in [-0.25, -0.2) is 9.07 Å². The lowest BCUT2D eigenvalue weighted by molar-refractivity contribution is -0.130. The summed E-state index contributed by atoms with van der Waals surface area (Å²) in [5.74, 6) is 1.32. The normalized spacial score (nSPS) is 10.8. The van der Waals surface area contributed by atoms with Crippen LogP contribution in [0.3, 0.4) is 0 Å². The summed E-state index contributed by atoms with van der Waals surface area (Å²) in [4.78, 5) is 14.2. The fourth-order valence-corrected chi connectivity index (χ4v) is 3.83. The topological polar surface area (TPSA) is 56.6 Å². The average Bonchev–Trinajstić information content (AvgIpc) is 3.15. The molecular weight excluding hydrogens is 469 g/mol. The van der Waals surface area contributed by atoms with Gasteiger partial charge in [-0.3, -0.25) is 4.79 Å². The third-order valence-corrected chi connectivity index (χ3v) is 5.78. The van der Waals surface area contributed by atoms with E-state index in [1.165, 1.54) is 19.1 Å². The highest BCUT2D eigenvalue weighted by molar-refractivity contribution is 6.30. The molecule has 1 amide bonds. The molecule has 4 aromatic rings. The number of hydrogen-bond acceptors (Lipinski definition) is 4. The molecule has 0 atom stereocenters. The first-order chi connectivity index (χ1) is 16.8. The van der Waals surface area contributed by atoms with Gasteiger partial charge in [0.05, 0.1) is 30.6 Å². The Labute approximate surface area is 208 Å². The van der Waals surface area contributed by atoms with Gasteiger partial charge in [-0.15, -0.1) is 0 Å². The zero-order valence-electron chi connectivity index (χ0n) is 19.7. The molecule has 1 heterocycles. The van der Waals surface area contributed by atoms with Crippen molar-refractivity contribution in [3.8, 4) is 23.1 Å². The molecule has 0 spiro atoms. The summed E-state index contributed by atoms with van der Waals surface area (Å²) in [6.07, 6.45) is 0. The Morgan fingerprint density at radius 2 is 1.71 bits per heavy atom. The largest absolute Gasteiger partial charge is 0.497 e. The van der Waals surface area contributed by atoms with Crippen LogP contribution in [0.1, 0.15) is 23.7 Å². The van der Waals surface area contributed by atoms with E-state index in [4.69, 9.17) is 26.2 Å². The molecule has 0 unspecified atom stereocenters. The smallest absolute Gasteiger partial charge is 0.227 e. The minimum Gasteiger partial charge on any atom is -0.497 e. The Morgan fingerprint density at radius 3 is 2.34 bits per heavy atom. The number of carbonyl (C=O) groups excluding carboxylic acids is 1. The number of nitrogens with zero attached hydrogens (tertiary/aromatic N) is 3. The molecule has 0 aliphatic heterocycles. The van der Waals surface area contributed by atoms with Crippen molar-refractivity contribution >= 4 is 17.5 Å². The van der Waals surface area contributed by atoms with E-state index in [9.17, 15) is 9.18 Å². The zero-order valence-corrected chi connectivity index (χ0v) is 20.4. The summed E-state index contributed by atoms with van der Waals surface area (Å²) in [6, 6.07) is 20.6. The Hall–Kier alpha value is -3.84. The molecule has 0 radical (unpaired) electrons. The van der Waals surface area contributed by atoms with E-state index in [0.29, 0.717) is 34.6 Å². The molecule has 35 heavy (non-hydrogen) atoms. The van der Waals surface area contributed by atoms with Gasteiger partial charge in [0.25, 0.3) is 0 Å². The quantitative estimate of drug-likeness (QED) is 0.288. The fourth-order valence-electron chi connectivity index (χ4n) is 3.64. The van der Waals surface area contributed by atoms with Gasteiger partial charge in [0.15, 0.2) is 0 Å². The van der Waals surface area contributed by atoms with E-state index in [0.717, 1.165) is 16.8 Å². The van der Waals surface area contributed by atoms with Crippen LogP contribution in [0.5, 0.6) is 17.4 Å². The second-order valence-electron chi connectivity index (χ2n) is 8.04. The molecule has 0 saturated carbocycles. The van der Waals surface area contributed by atoms with Crippen molar-refractivity contribution in [2.75, 3.05) is 7.11 Å². The Morgan fingerprint density at radius 1 is 1.03 bits per heavy atom. The van der Waals surface area contributed by atoms with Gasteiger partial charge in [-0.2, -0.15) is 5.10 Å². The summed E-state index contributed by atoms with van der Waals surface area (Å²) in [5, 5.41) is 5.27. The van der Waals surface area contributed by atoms with E-state index in [1.807, 2.05) is 19.1 Å². The molecule has 0 aliphatic rings. The van der Waals surface area contributed by atoms with Crippen molar-refractivity contribution in [2.45, 2.75) is 26.9 Å². The number of aromatic nitrogens is 2. The molecule has 8 heteroatoms. The number of amides is 1. The van der Waals surface area contributed by atoms with E-state index >= 15 is 0 Å². The van der Waals surface area contributed by atoms with Crippen LogP contribution in [0.2, 0.25) is 5.02 Å². The van der Waals surface area contributed by atoms with Crippen LogP contribution >= 0.6 is 11.6 Å². The van der Waals surface area contributed by atoms with Crippen molar-refractivity contribution < 1.29 is 18.7 Å². The predicted octanol–water partition coefficient (Wildman–Crippen LogP) is 6.32. The number of rotatable bonds is 8. The highest BCUT2D eigenvalue weighted by atomic mass is 35.5. The lowest BCUT2D eigenvalue weighted by atomic mass is 10.1. The molecule has 0 bridgehead atoms. The minimum atomic E-state index is -0.322. The van der Waals surface area contributed by atoms with Gasteiger partial charge in [-0.1, -0.05) is 29.8 Å². The second kappa shape index (κ2) is 10.6. The van der Waals surface area contributed by atoms with Crippen LogP contribution in [-0.4, -0.2) is 27.7 Å². The summed E-state index contributed by atoms with van der Waals surface area (Å²) < 4.78 is 26.6. The number of aryl methyl sites for hydroxylation is 1. The van der Waals surface area contributed by atoms with Crippen LogP contribution in [0.15, 0.2) is 72.8 Å². The summed E-state index contributed by atoms with van der Waals surface area (Å²) in [6.45, 7) is 3.95. The maximum atomic E-state index is 13.4. The lowest BCUT2D eigenvalue weighted by Crippen LogP contribution is -2.28. The number of hydrogen-bond donors (Lipinski definition) is 0. The maximum absolute atomic E-state index is 13.4. The van der Waals surface area contributed by atoms with Gasteiger partial charge in [-0.05, 0) is 67.1 Å². The maximum Gasteiger partial charge on any atom is 0.227 e. The number of methoxy groups -OCH3 is 1. The second-order valence-corrected chi connectivity index (χ2v) is 8.48. The lowest BCUT2D eigenvalue weighted by Gasteiger charge is -2.22.